The molecule has 0 aliphatic carbocycles. The van der Waals surface area contributed by atoms with Gasteiger partial charge in [-0.15, -0.1) is 0 Å². The number of carbonyl (C=O) groups is 1. The molecule has 28 heavy (non-hydrogen) atoms. The molecule has 3 aromatic rings. The third-order valence-electron chi connectivity index (χ3n) is 4.88. The molecule has 2 aromatic carbocycles. The van der Waals surface area contributed by atoms with Gasteiger partial charge in [0.15, 0.2) is 0 Å². The van der Waals surface area contributed by atoms with Gasteiger partial charge in [0.2, 0.25) is 0 Å². The number of rotatable bonds is 7. The minimum atomic E-state index is -0.189. The average Bonchev–Trinajstić information content (AvgIpc) is 2.72. The van der Waals surface area contributed by atoms with Gasteiger partial charge in [0, 0.05) is 40.8 Å². The Kier molecular flexibility index (Phi) is 6.49. The molecule has 0 saturated heterocycles. The SMILES string of the molecule is CCN(CC)CCNC(=O)c1cn(-c2ccc(Cl)cc2)c(=O)c2ccccc12. The topological polar surface area (TPSA) is 54.3 Å². The second kappa shape index (κ2) is 9.04. The highest BCUT2D eigenvalue weighted by Crippen LogP contribution is 2.19. The maximum absolute atomic E-state index is 13.0. The molecule has 1 N–H and O–H groups in total. The van der Waals surface area contributed by atoms with E-state index in [9.17, 15) is 9.59 Å². The third kappa shape index (κ3) is 4.26. The van der Waals surface area contributed by atoms with Crippen molar-refractivity contribution in [2.75, 3.05) is 26.2 Å². The highest BCUT2D eigenvalue weighted by atomic mass is 35.5. The highest BCUT2D eigenvalue weighted by molar-refractivity contribution is 6.30. The number of carbonyl (C=O) groups excluding carboxylic acids is 1. The minimum absolute atomic E-state index is 0.169. The van der Waals surface area contributed by atoms with Gasteiger partial charge in [0.1, 0.15) is 0 Å². The van der Waals surface area contributed by atoms with Crippen molar-refractivity contribution in [1.29, 1.82) is 0 Å². The van der Waals surface area contributed by atoms with Crippen LogP contribution in [-0.4, -0.2) is 41.6 Å². The molecule has 0 bridgehead atoms. The number of likely N-dealkylation sites (N-methyl/N-ethyl adjacent to an activating group) is 1. The molecule has 0 radical (unpaired) electrons. The van der Waals surface area contributed by atoms with Crippen molar-refractivity contribution in [3.05, 3.63) is 75.7 Å². The Morgan fingerprint density at radius 3 is 2.32 bits per heavy atom. The number of amides is 1. The van der Waals surface area contributed by atoms with Crippen molar-refractivity contribution < 1.29 is 4.79 Å². The van der Waals surface area contributed by atoms with E-state index in [0.29, 0.717) is 33.6 Å². The van der Waals surface area contributed by atoms with Crippen LogP contribution in [-0.2, 0) is 0 Å². The van der Waals surface area contributed by atoms with E-state index in [-0.39, 0.29) is 11.5 Å². The number of pyridine rings is 1. The van der Waals surface area contributed by atoms with Gasteiger partial charge in [-0.2, -0.15) is 0 Å². The summed E-state index contributed by atoms with van der Waals surface area (Å²) in [5, 5.41) is 4.73. The van der Waals surface area contributed by atoms with Crippen LogP contribution in [0.5, 0.6) is 0 Å². The average molecular weight is 398 g/mol. The molecule has 0 aliphatic heterocycles. The summed E-state index contributed by atoms with van der Waals surface area (Å²) >= 11 is 5.97. The first-order valence-electron chi connectivity index (χ1n) is 9.46. The predicted molar refractivity (Wildman–Crippen MR) is 115 cm³/mol. The van der Waals surface area contributed by atoms with Crippen molar-refractivity contribution in [2.45, 2.75) is 13.8 Å². The van der Waals surface area contributed by atoms with Gasteiger partial charge in [-0.05, 0) is 43.4 Å². The van der Waals surface area contributed by atoms with Crippen LogP contribution in [0.15, 0.2) is 59.5 Å². The maximum atomic E-state index is 13.0. The summed E-state index contributed by atoms with van der Waals surface area (Å²) in [4.78, 5) is 28.1. The number of aromatic nitrogens is 1. The van der Waals surface area contributed by atoms with Crippen LogP contribution >= 0.6 is 11.6 Å². The number of fused-ring (bicyclic) bond motifs is 1. The molecule has 5 nitrogen and oxygen atoms in total. The molecule has 1 amide bonds. The zero-order chi connectivity index (χ0) is 20.1. The Morgan fingerprint density at radius 2 is 1.68 bits per heavy atom. The van der Waals surface area contributed by atoms with Gasteiger partial charge in [-0.3, -0.25) is 14.2 Å². The molecule has 0 fully saturated rings. The number of nitrogens with zero attached hydrogens (tertiary/aromatic N) is 2. The van der Waals surface area contributed by atoms with Gasteiger partial charge >= 0.3 is 0 Å². The van der Waals surface area contributed by atoms with Gasteiger partial charge in [0.25, 0.3) is 11.5 Å². The predicted octanol–water partition coefficient (Wildman–Crippen LogP) is 3.72. The largest absolute Gasteiger partial charge is 0.351 e. The molecule has 3 rings (SSSR count). The normalized spacial score (nSPS) is 11.1. The fourth-order valence-corrected chi connectivity index (χ4v) is 3.35. The molecule has 0 aliphatic rings. The van der Waals surface area contributed by atoms with E-state index < -0.39 is 0 Å². The fraction of sp³-hybridized carbons (Fsp3) is 0.273. The zero-order valence-corrected chi connectivity index (χ0v) is 16.9. The van der Waals surface area contributed by atoms with E-state index >= 15 is 0 Å². The zero-order valence-electron chi connectivity index (χ0n) is 16.1. The van der Waals surface area contributed by atoms with Gasteiger partial charge in [-0.1, -0.05) is 43.6 Å². The number of hydrogen-bond acceptors (Lipinski definition) is 3. The van der Waals surface area contributed by atoms with Crippen molar-refractivity contribution in [2.24, 2.45) is 0 Å². The summed E-state index contributed by atoms with van der Waals surface area (Å²) in [6, 6.07) is 14.2. The van der Waals surface area contributed by atoms with E-state index in [1.165, 1.54) is 4.57 Å². The van der Waals surface area contributed by atoms with E-state index in [1.54, 1.807) is 42.6 Å². The van der Waals surface area contributed by atoms with Gasteiger partial charge in [0.05, 0.1) is 5.56 Å². The molecule has 1 heterocycles. The minimum Gasteiger partial charge on any atom is -0.351 e. The summed E-state index contributed by atoms with van der Waals surface area (Å²) in [6.07, 6.45) is 1.61. The molecule has 0 saturated carbocycles. The molecular formula is C22H24ClN3O2. The lowest BCUT2D eigenvalue weighted by Crippen LogP contribution is -2.35. The maximum Gasteiger partial charge on any atom is 0.262 e. The lowest BCUT2D eigenvalue weighted by molar-refractivity contribution is 0.0950. The van der Waals surface area contributed by atoms with Crippen molar-refractivity contribution >= 4 is 28.3 Å². The van der Waals surface area contributed by atoms with Crippen molar-refractivity contribution in [3.8, 4) is 5.69 Å². The standard InChI is InChI=1S/C22H24ClN3O2/c1-3-25(4-2)14-13-24-21(27)20-15-26(17-11-9-16(23)10-12-17)22(28)19-8-6-5-7-18(19)20/h5-12,15H,3-4,13-14H2,1-2H3,(H,24,27). The molecule has 0 spiro atoms. The number of nitrogens with one attached hydrogen (secondary N) is 1. The van der Waals surface area contributed by atoms with Crippen LogP contribution in [0.1, 0.15) is 24.2 Å². The molecule has 0 atom stereocenters. The summed E-state index contributed by atoms with van der Waals surface area (Å²) < 4.78 is 1.50. The van der Waals surface area contributed by atoms with Crippen LogP contribution < -0.4 is 10.9 Å². The Morgan fingerprint density at radius 1 is 1.04 bits per heavy atom. The van der Waals surface area contributed by atoms with E-state index in [1.807, 2.05) is 12.1 Å². The Labute approximate surface area is 169 Å². The van der Waals surface area contributed by atoms with Crippen LogP contribution in [0.25, 0.3) is 16.5 Å². The van der Waals surface area contributed by atoms with Crippen LogP contribution in [0.4, 0.5) is 0 Å². The second-order valence-electron chi connectivity index (χ2n) is 6.52. The molecule has 1 aromatic heterocycles. The third-order valence-corrected chi connectivity index (χ3v) is 5.13. The number of benzene rings is 2. The first-order chi connectivity index (χ1) is 13.5. The lowest BCUT2D eigenvalue weighted by Gasteiger charge is -2.18. The number of hydrogen-bond donors (Lipinski definition) is 1. The quantitative estimate of drug-likeness (QED) is 0.661. The molecular weight excluding hydrogens is 374 g/mol. The summed E-state index contributed by atoms with van der Waals surface area (Å²) in [6.45, 7) is 7.41. The smallest absolute Gasteiger partial charge is 0.262 e. The van der Waals surface area contributed by atoms with E-state index in [0.717, 1.165) is 19.6 Å². The Balaban J connectivity index is 1.99. The Hall–Kier alpha value is -2.63. The van der Waals surface area contributed by atoms with Crippen LogP contribution in [0.3, 0.4) is 0 Å². The monoisotopic (exact) mass is 397 g/mol. The van der Waals surface area contributed by atoms with Crippen LogP contribution in [0.2, 0.25) is 5.02 Å². The fourth-order valence-electron chi connectivity index (χ4n) is 3.23. The van der Waals surface area contributed by atoms with E-state index in [4.69, 9.17) is 11.6 Å². The lowest BCUT2D eigenvalue weighted by atomic mass is 10.1. The molecule has 0 unspecified atom stereocenters. The summed E-state index contributed by atoms with van der Waals surface area (Å²) in [7, 11) is 0. The first kappa shape index (κ1) is 20.1. The summed E-state index contributed by atoms with van der Waals surface area (Å²) in [5.74, 6) is -0.189. The Bertz CT molecular complexity index is 1020. The first-order valence-corrected chi connectivity index (χ1v) is 9.83. The van der Waals surface area contributed by atoms with Crippen molar-refractivity contribution in [3.63, 3.8) is 0 Å². The van der Waals surface area contributed by atoms with E-state index in [2.05, 4.69) is 24.1 Å². The molecule has 6 heteroatoms. The van der Waals surface area contributed by atoms with Gasteiger partial charge in [-0.25, -0.2) is 0 Å². The number of halogens is 1. The van der Waals surface area contributed by atoms with Crippen LogP contribution in [0, 0.1) is 0 Å². The molecule has 146 valence electrons. The summed E-state index contributed by atoms with van der Waals surface area (Å²) in [5.41, 5.74) is 0.972. The highest BCUT2D eigenvalue weighted by Gasteiger charge is 2.15. The van der Waals surface area contributed by atoms with Gasteiger partial charge < -0.3 is 10.2 Å². The van der Waals surface area contributed by atoms with Crippen molar-refractivity contribution in [1.82, 2.24) is 14.8 Å². The second-order valence-corrected chi connectivity index (χ2v) is 6.96.